The summed E-state index contributed by atoms with van der Waals surface area (Å²) in [5, 5.41) is 9.04. The van der Waals surface area contributed by atoms with Gasteiger partial charge < -0.3 is 14.7 Å². The highest BCUT2D eigenvalue weighted by atomic mass is 32.2. The maximum atomic E-state index is 11.9. The summed E-state index contributed by atoms with van der Waals surface area (Å²) in [6, 6.07) is 15.0. The van der Waals surface area contributed by atoms with E-state index in [1.54, 1.807) is 24.3 Å². The van der Waals surface area contributed by atoms with Gasteiger partial charge in [-0.2, -0.15) is 4.31 Å². The monoisotopic (exact) mass is 475 g/mol. The van der Waals surface area contributed by atoms with Gasteiger partial charge in [-0.15, -0.1) is 0 Å². The first-order valence-electron chi connectivity index (χ1n) is 11.2. The fourth-order valence-electron chi connectivity index (χ4n) is 4.08. The highest BCUT2D eigenvalue weighted by Gasteiger charge is 2.19. The number of carbonyl (C=O) groups is 1. The molecular weight excluding hydrogens is 442 g/mol. The number of aliphatic hydroxyl groups excluding tert-OH is 1. The van der Waals surface area contributed by atoms with Crippen LogP contribution in [0.3, 0.4) is 0 Å². The van der Waals surface area contributed by atoms with Crippen LogP contribution < -0.4 is 4.90 Å². The number of para-hydroxylation sites is 1. The van der Waals surface area contributed by atoms with E-state index in [2.05, 4.69) is 21.9 Å². The molecule has 1 fully saturated rings. The zero-order chi connectivity index (χ0) is 23.6. The van der Waals surface area contributed by atoms with E-state index in [4.69, 9.17) is 9.84 Å². The van der Waals surface area contributed by atoms with E-state index in [1.165, 1.54) is 11.4 Å². The molecule has 1 aliphatic heterocycles. The van der Waals surface area contributed by atoms with E-state index in [9.17, 15) is 13.2 Å². The van der Waals surface area contributed by atoms with Crippen molar-refractivity contribution in [1.29, 1.82) is 0 Å². The molecule has 0 aromatic heterocycles. The number of hydrogen-bond donors (Lipinski definition) is 2. The lowest BCUT2D eigenvalue weighted by Crippen LogP contribution is -2.47. The van der Waals surface area contributed by atoms with Gasteiger partial charge in [0.05, 0.1) is 12.7 Å². The van der Waals surface area contributed by atoms with E-state index in [1.807, 2.05) is 12.1 Å². The second-order valence-electron chi connectivity index (χ2n) is 8.10. The predicted molar refractivity (Wildman–Crippen MR) is 129 cm³/mol. The molecule has 33 heavy (non-hydrogen) atoms. The number of aliphatic hydroxyl groups is 1. The van der Waals surface area contributed by atoms with Crippen LogP contribution in [0, 0.1) is 0 Å². The second kappa shape index (κ2) is 12.7. The minimum absolute atomic E-state index is 0.219. The van der Waals surface area contributed by atoms with Crippen molar-refractivity contribution in [3.63, 3.8) is 0 Å². The second-order valence-corrected chi connectivity index (χ2v) is 9.14. The standard InChI is InChI=1S/C24H33N3O5S/c1-32-24(29)22-9-7-20(8-10-22)19-27(33(30)31)13-11-21-5-2-3-6-23(21)26-16-14-25(15-17-26)12-4-18-28/h2-3,5-10,28,33H,4,11-19H2,1H3. The van der Waals surface area contributed by atoms with Crippen molar-refractivity contribution in [3.8, 4) is 0 Å². The number of rotatable bonds is 11. The number of benzene rings is 2. The first kappa shape index (κ1) is 25.2. The number of esters is 1. The molecule has 2 aromatic rings. The average Bonchev–Trinajstić information content (AvgIpc) is 2.85. The van der Waals surface area contributed by atoms with E-state index >= 15 is 0 Å². The molecule has 1 N–H and O–H groups in total. The van der Waals surface area contributed by atoms with Crippen molar-refractivity contribution in [3.05, 3.63) is 65.2 Å². The normalized spacial score (nSPS) is 14.7. The number of methoxy groups -OCH3 is 1. The Balaban J connectivity index is 1.61. The van der Waals surface area contributed by atoms with Crippen LogP contribution in [0.4, 0.5) is 5.69 Å². The zero-order valence-electron chi connectivity index (χ0n) is 19.1. The summed E-state index contributed by atoms with van der Waals surface area (Å²) in [5.41, 5.74) is 3.53. The Morgan fingerprint density at radius 1 is 1.06 bits per heavy atom. The third-order valence-electron chi connectivity index (χ3n) is 5.95. The quantitative estimate of drug-likeness (QED) is 0.376. The minimum Gasteiger partial charge on any atom is -0.465 e. The van der Waals surface area contributed by atoms with Crippen LogP contribution in [-0.4, -0.2) is 81.7 Å². The lowest BCUT2D eigenvalue weighted by atomic mass is 10.1. The lowest BCUT2D eigenvalue weighted by molar-refractivity contribution is 0.0600. The molecule has 2 aromatic carbocycles. The van der Waals surface area contributed by atoms with E-state index in [0.717, 1.165) is 56.0 Å². The summed E-state index contributed by atoms with van der Waals surface area (Å²) >= 11 is 0. The van der Waals surface area contributed by atoms with Gasteiger partial charge in [0, 0.05) is 58.1 Å². The Morgan fingerprint density at radius 2 is 1.76 bits per heavy atom. The van der Waals surface area contributed by atoms with E-state index < -0.39 is 16.9 Å². The molecule has 1 saturated heterocycles. The summed E-state index contributed by atoms with van der Waals surface area (Å²) in [6.07, 6.45) is 1.41. The summed E-state index contributed by atoms with van der Waals surface area (Å²) < 4.78 is 30.0. The summed E-state index contributed by atoms with van der Waals surface area (Å²) in [7, 11) is -1.41. The van der Waals surface area contributed by atoms with Crippen LogP contribution in [0.5, 0.6) is 0 Å². The van der Waals surface area contributed by atoms with E-state index in [0.29, 0.717) is 18.5 Å². The van der Waals surface area contributed by atoms with Crippen molar-refractivity contribution < 1.29 is 23.1 Å². The highest BCUT2D eigenvalue weighted by Crippen LogP contribution is 2.23. The Labute approximate surface area is 197 Å². The van der Waals surface area contributed by atoms with Gasteiger partial charge in [-0.25, -0.2) is 13.2 Å². The van der Waals surface area contributed by atoms with Gasteiger partial charge in [-0.05, 0) is 42.2 Å². The highest BCUT2D eigenvalue weighted by molar-refractivity contribution is 7.69. The van der Waals surface area contributed by atoms with Crippen molar-refractivity contribution in [2.45, 2.75) is 19.4 Å². The average molecular weight is 476 g/mol. The summed E-state index contributed by atoms with van der Waals surface area (Å²) in [6.45, 7) is 5.50. The number of ether oxygens (including phenoxy) is 1. The molecule has 0 radical (unpaired) electrons. The molecule has 0 spiro atoms. The molecule has 0 bridgehead atoms. The van der Waals surface area contributed by atoms with Crippen molar-refractivity contribution >= 4 is 22.5 Å². The first-order valence-corrected chi connectivity index (χ1v) is 12.4. The van der Waals surface area contributed by atoms with Crippen LogP contribution in [-0.2, 0) is 28.6 Å². The molecule has 9 heteroatoms. The number of piperazine rings is 1. The molecule has 0 atom stereocenters. The fraction of sp³-hybridized carbons (Fsp3) is 0.458. The number of nitrogens with zero attached hydrogens (tertiary/aromatic N) is 3. The SMILES string of the molecule is COC(=O)c1ccc(CN(CCc2ccccc2N2CCN(CCCO)CC2)[SH](=O)=O)cc1. The maximum absolute atomic E-state index is 11.9. The predicted octanol–water partition coefficient (Wildman–Crippen LogP) is 1.55. The van der Waals surface area contributed by atoms with Gasteiger partial charge in [0.25, 0.3) is 0 Å². The van der Waals surface area contributed by atoms with Crippen LogP contribution in [0.25, 0.3) is 0 Å². The molecule has 1 aliphatic rings. The summed E-state index contributed by atoms with van der Waals surface area (Å²) in [5.74, 6) is -0.417. The lowest BCUT2D eigenvalue weighted by Gasteiger charge is -2.37. The van der Waals surface area contributed by atoms with Crippen LogP contribution in [0.1, 0.15) is 27.9 Å². The Bertz CT molecular complexity index is 964. The van der Waals surface area contributed by atoms with Crippen LogP contribution in [0.2, 0.25) is 0 Å². The smallest absolute Gasteiger partial charge is 0.337 e. The van der Waals surface area contributed by atoms with Gasteiger partial charge in [0.2, 0.25) is 10.9 Å². The Kier molecular flexibility index (Phi) is 9.68. The summed E-state index contributed by atoms with van der Waals surface area (Å²) in [4.78, 5) is 16.3. The molecule has 180 valence electrons. The number of hydrogen-bond acceptors (Lipinski definition) is 7. The molecule has 0 saturated carbocycles. The molecular formula is C24H33N3O5S. The van der Waals surface area contributed by atoms with Gasteiger partial charge in [-0.1, -0.05) is 30.3 Å². The van der Waals surface area contributed by atoms with Crippen LogP contribution >= 0.6 is 0 Å². The van der Waals surface area contributed by atoms with Crippen molar-refractivity contribution in [2.75, 3.05) is 57.9 Å². The zero-order valence-corrected chi connectivity index (χ0v) is 20.0. The van der Waals surface area contributed by atoms with Crippen molar-refractivity contribution in [1.82, 2.24) is 9.21 Å². The maximum Gasteiger partial charge on any atom is 0.337 e. The molecule has 0 aliphatic carbocycles. The van der Waals surface area contributed by atoms with Gasteiger partial charge in [-0.3, -0.25) is 4.90 Å². The Morgan fingerprint density at radius 3 is 2.39 bits per heavy atom. The minimum atomic E-state index is -2.74. The third-order valence-corrected chi connectivity index (χ3v) is 6.75. The van der Waals surface area contributed by atoms with Crippen molar-refractivity contribution in [2.24, 2.45) is 0 Å². The molecule has 1 heterocycles. The largest absolute Gasteiger partial charge is 0.465 e. The fourth-order valence-corrected chi connectivity index (χ4v) is 4.62. The number of thiol groups is 1. The van der Waals surface area contributed by atoms with E-state index in [-0.39, 0.29) is 13.2 Å². The van der Waals surface area contributed by atoms with Crippen LogP contribution in [0.15, 0.2) is 48.5 Å². The molecule has 8 nitrogen and oxygen atoms in total. The molecule has 3 rings (SSSR count). The topological polar surface area (TPSA) is 90.4 Å². The third kappa shape index (κ3) is 7.26. The number of anilines is 1. The van der Waals surface area contributed by atoms with Gasteiger partial charge in [0.15, 0.2) is 0 Å². The van der Waals surface area contributed by atoms with Gasteiger partial charge in [0.1, 0.15) is 0 Å². The first-order chi connectivity index (χ1) is 16.0. The van der Waals surface area contributed by atoms with Gasteiger partial charge >= 0.3 is 5.97 Å². The number of carbonyl (C=O) groups excluding carboxylic acids is 1. The molecule has 0 unspecified atom stereocenters. The molecule has 0 amide bonds. The Hall–Kier alpha value is -2.46.